The maximum Gasteiger partial charge on any atom is 0.259 e. The van der Waals surface area contributed by atoms with Crippen LogP contribution in [0.3, 0.4) is 0 Å². The van der Waals surface area contributed by atoms with E-state index < -0.39 is 0 Å². The van der Waals surface area contributed by atoms with Gasteiger partial charge in [0.25, 0.3) is 11.8 Å². The highest BCUT2D eigenvalue weighted by Crippen LogP contribution is 2.30. The van der Waals surface area contributed by atoms with Crippen molar-refractivity contribution in [3.8, 4) is 0 Å². The molecule has 2 amide bonds. The molecule has 0 aromatic heterocycles. The predicted octanol–water partition coefficient (Wildman–Crippen LogP) is 6.12. The average molecular weight is 608 g/mol. The Morgan fingerprint density at radius 1 is 0.833 bits per heavy atom. The van der Waals surface area contributed by atoms with Gasteiger partial charge in [-0.1, -0.05) is 89.2 Å². The van der Waals surface area contributed by atoms with E-state index in [0.717, 1.165) is 67.6 Å². The van der Waals surface area contributed by atoms with E-state index in [1.165, 1.54) is 0 Å². The first-order valence-corrected chi connectivity index (χ1v) is 14.1. The van der Waals surface area contributed by atoms with Crippen molar-refractivity contribution < 1.29 is 9.59 Å². The van der Waals surface area contributed by atoms with Crippen molar-refractivity contribution in [1.82, 2.24) is 0 Å². The van der Waals surface area contributed by atoms with Gasteiger partial charge in [-0.25, -0.2) is 0 Å². The number of fused-ring (bicyclic) bond motifs is 2. The van der Waals surface area contributed by atoms with Gasteiger partial charge < -0.3 is 10.2 Å². The summed E-state index contributed by atoms with van der Waals surface area (Å²) in [6.07, 6.45) is 4.42. The number of unbranched alkanes of at least 4 members (excludes halogenated alkanes) is 1. The van der Waals surface area contributed by atoms with Gasteiger partial charge in [0.15, 0.2) is 0 Å². The van der Waals surface area contributed by atoms with Gasteiger partial charge in [0.05, 0.1) is 16.8 Å². The number of amides is 2. The number of hydrogen-bond donors (Lipinski definition) is 1. The summed E-state index contributed by atoms with van der Waals surface area (Å²) in [5.74, 6) is 0.338. The number of rotatable bonds is 8. The summed E-state index contributed by atoms with van der Waals surface area (Å²) in [6, 6.07) is 19.7. The summed E-state index contributed by atoms with van der Waals surface area (Å²) in [5, 5.41) is 4.77. The third kappa shape index (κ3) is 4.57. The molecule has 184 valence electrons. The standard InChI is InChI=1S/C30H28Br2N2O2/c1-3-5-6-18(4-2)17-34-26-16-23-25(33-29(35)27(23)19-7-11-21(31)12-8-19)15-24(26)28(30(34)36)20-9-13-22(32)14-10-20/h7-16,18H,3-6,17H2,1-2H3,(H,33,35). The molecule has 0 fully saturated rings. The fourth-order valence-corrected chi connectivity index (χ4v) is 5.67. The zero-order chi connectivity index (χ0) is 25.4. The second-order valence-electron chi connectivity index (χ2n) is 9.47. The van der Waals surface area contributed by atoms with Crippen LogP contribution in [0, 0.1) is 5.92 Å². The smallest absolute Gasteiger partial charge is 0.259 e. The molecule has 0 saturated heterocycles. The molecule has 0 bridgehead atoms. The minimum Gasteiger partial charge on any atom is -0.321 e. The topological polar surface area (TPSA) is 49.4 Å². The molecule has 2 heterocycles. The monoisotopic (exact) mass is 606 g/mol. The lowest BCUT2D eigenvalue weighted by atomic mass is 9.98. The number of anilines is 2. The number of hydrogen-bond acceptors (Lipinski definition) is 2. The molecule has 36 heavy (non-hydrogen) atoms. The molecule has 1 N–H and O–H groups in total. The Balaban J connectivity index is 1.71. The molecule has 3 aromatic carbocycles. The molecule has 0 aliphatic carbocycles. The molecule has 4 nitrogen and oxygen atoms in total. The van der Waals surface area contributed by atoms with Crippen LogP contribution < -0.4 is 20.7 Å². The first-order valence-electron chi connectivity index (χ1n) is 12.5. The molecule has 5 rings (SSSR count). The summed E-state index contributed by atoms with van der Waals surface area (Å²) >= 11 is 6.98. The van der Waals surface area contributed by atoms with E-state index in [9.17, 15) is 9.59 Å². The SMILES string of the molecule is CCCCC(CC)CN1C(=O)C(c2ccc(Br)cc2)=c2cc3c(cc21)=C(c1ccc(Br)cc1)C(=O)N3. The Kier molecular flexibility index (Phi) is 7.18. The number of nitrogens with one attached hydrogen (secondary N) is 1. The number of nitrogens with zero attached hydrogens (tertiary/aromatic N) is 1. The third-order valence-electron chi connectivity index (χ3n) is 7.15. The lowest BCUT2D eigenvalue weighted by molar-refractivity contribution is -0.113. The molecular formula is C30H28Br2N2O2. The van der Waals surface area contributed by atoms with Crippen molar-refractivity contribution in [2.45, 2.75) is 39.5 Å². The minimum atomic E-state index is -0.117. The largest absolute Gasteiger partial charge is 0.321 e. The normalized spacial score (nSPS) is 15.3. The quantitative estimate of drug-likeness (QED) is 0.335. The third-order valence-corrected chi connectivity index (χ3v) is 8.21. The first kappa shape index (κ1) is 25.0. The number of carbonyl (C=O) groups is 2. The van der Waals surface area contributed by atoms with Gasteiger partial charge in [0, 0.05) is 31.6 Å². The van der Waals surface area contributed by atoms with Crippen LogP contribution in [0.25, 0.3) is 11.1 Å². The Bertz CT molecular complexity index is 1460. The summed E-state index contributed by atoms with van der Waals surface area (Å²) in [6.45, 7) is 5.08. The summed E-state index contributed by atoms with van der Waals surface area (Å²) in [4.78, 5) is 28.9. The molecule has 1 unspecified atom stereocenters. The van der Waals surface area contributed by atoms with Gasteiger partial charge in [-0.15, -0.1) is 0 Å². The van der Waals surface area contributed by atoms with Crippen LogP contribution in [-0.4, -0.2) is 18.4 Å². The van der Waals surface area contributed by atoms with Crippen LogP contribution >= 0.6 is 31.9 Å². The van der Waals surface area contributed by atoms with Gasteiger partial charge >= 0.3 is 0 Å². The number of halogens is 2. The molecule has 6 heteroatoms. The Hall–Kier alpha value is -2.70. The Morgan fingerprint density at radius 3 is 2.03 bits per heavy atom. The summed E-state index contributed by atoms with van der Waals surface area (Å²) in [5.41, 5.74) is 4.71. The Morgan fingerprint density at radius 2 is 1.44 bits per heavy atom. The molecule has 0 radical (unpaired) electrons. The molecule has 3 aromatic rings. The van der Waals surface area contributed by atoms with Gasteiger partial charge in [0.2, 0.25) is 0 Å². The van der Waals surface area contributed by atoms with Crippen LogP contribution in [0.1, 0.15) is 50.7 Å². The summed E-state index contributed by atoms with van der Waals surface area (Å²) < 4.78 is 1.93. The van der Waals surface area contributed by atoms with Gasteiger partial charge in [-0.2, -0.15) is 0 Å². The molecule has 2 aliphatic heterocycles. The number of carbonyl (C=O) groups excluding carboxylic acids is 2. The van der Waals surface area contributed by atoms with Crippen LogP contribution in [0.15, 0.2) is 69.6 Å². The van der Waals surface area contributed by atoms with E-state index in [0.29, 0.717) is 23.6 Å². The second kappa shape index (κ2) is 10.3. The zero-order valence-electron chi connectivity index (χ0n) is 20.4. The van der Waals surface area contributed by atoms with Crippen LogP contribution in [0.5, 0.6) is 0 Å². The van der Waals surface area contributed by atoms with Crippen LogP contribution in [0.4, 0.5) is 11.4 Å². The number of benzene rings is 3. The van der Waals surface area contributed by atoms with E-state index in [2.05, 4.69) is 51.0 Å². The average Bonchev–Trinajstić information content (AvgIpc) is 3.33. The van der Waals surface area contributed by atoms with Gasteiger partial charge in [0.1, 0.15) is 0 Å². The molecule has 0 saturated carbocycles. The fraction of sp³-hybridized carbons (Fsp3) is 0.267. The second-order valence-corrected chi connectivity index (χ2v) is 11.3. The Labute approximate surface area is 228 Å². The first-order chi connectivity index (χ1) is 17.4. The van der Waals surface area contributed by atoms with E-state index >= 15 is 0 Å². The van der Waals surface area contributed by atoms with E-state index in [4.69, 9.17) is 0 Å². The molecule has 0 spiro atoms. The molecule has 1 atom stereocenters. The van der Waals surface area contributed by atoms with Gasteiger partial charge in [-0.05, 0) is 59.9 Å². The maximum atomic E-state index is 13.9. The summed E-state index contributed by atoms with van der Waals surface area (Å²) in [7, 11) is 0. The lowest BCUT2D eigenvalue weighted by Gasteiger charge is -2.24. The molecular weight excluding hydrogens is 580 g/mol. The van der Waals surface area contributed by atoms with Crippen LogP contribution in [-0.2, 0) is 9.59 Å². The van der Waals surface area contributed by atoms with E-state index in [1.807, 2.05) is 65.6 Å². The van der Waals surface area contributed by atoms with Crippen molar-refractivity contribution in [2.75, 3.05) is 16.8 Å². The van der Waals surface area contributed by atoms with Crippen molar-refractivity contribution in [3.63, 3.8) is 0 Å². The maximum absolute atomic E-state index is 13.9. The highest BCUT2D eigenvalue weighted by atomic mass is 79.9. The van der Waals surface area contributed by atoms with Crippen molar-refractivity contribution in [3.05, 3.63) is 91.2 Å². The van der Waals surface area contributed by atoms with Crippen molar-refractivity contribution >= 4 is 66.2 Å². The van der Waals surface area contributed by atoms with Gasteiger partial charge in [-0.3, -0.25) is 9.59 Å². The van der Waals surface area contributed by atoms with Crippen molar-refractivity contribution in [2.24, 2.45) is 5.92 Å². The lowest BCUT2D eigenvalue weighted by Crippen LogP contribution is -2.34. The van der Waals surface area contributed by atoms with Crippen LogP contribution in [0.2, 0.25) is 0 Å². The predicted molar refractivity (Wildman–Crippen MR) is 153 cm³/mol. The minimum absolute atomic E-state index is 0.0301. The fourth-order valence-electron chi connectivity index (χ4n) is 5.14. The van der Waals surface area contributed by atoms with Crippen molar-refractivity contribution in [1.29, 1.82) is 0 Å². The van der Waals surface area contributed by atoms with E-state index in [1.54, 1.807) is 0 Å². The highest BCUT2D eigenvalue weighted by Gasteiger charge is 2.33. The molecule has 2 aliphatic rings. The van der Waals surface area contributed by atoms with E-state index in [-0.39, 0.29) is 11.8 Å². The highest BCUT2D eigenvalue weighted by molar-refractivity contribution is 9.10. The zero-order valence-corrected chi connectivity index (χ0v) is 23.6.